The normalized spacial score (nSPS) is 22.9. The molecule has 1 aliphatic rings. The van der Waals surface area contributed by atoms with Crippen LogP contribution in [0.5, 0.6) is 0 Å². The summed E-state index contributed by atoms with van der Waals surface area (Å²) in [6, 6.07) is 8.06. The van der Waals surface area contributed by atoms with Crippen LogP contribution in [0.15, 0.2) is 24.3 Å². The van der Waals surface area contributed by atoms with E-state index in [1.807, 2.05) is 32.2 Å². The number of likely N-dealkylation sites (N-methyl/N-ethyl adjacent to an activating group) is 1. The maximum absolute atomic E-state index is 12.1. The van der Waals surface area contributed by atoms with E-state index >= 15 is 0 Å². The minimum atomic E-state index is -0.632. The summed E-state index contributed by atoms with van der Waals surface area (Å²) in [5.74, 6) is -0.164. The van der Waals surface area contributed by atoms with E-state index < -0.39 is 5.54 Å². The van der Waals surface area contributed by atoms with Crippen LogP contribution in [0, 0.1) is 0 Å². The first-order chi connectivity index (χ1) is 7.74. The topological polar surface area (TPSA) is 38.3 Å². The zero-order valence-electron chi connectivity index (χ0n) is 9.75. The minimum absolute atomic E-state index is 0.164. The third kappa shape index (κ3) is 1.52. The average Bonchev–Trinajstić information content (AvgIpc) is 2.69. The standard InChI is InChI=1S/C13H17NO2/c1-3-16-12(15)13(14-2)9-8-10-6-4-5-7-11(10)13/h4-7,14H,3,8-9H2,1-2H3. The van der Waals surface area contributed by atoms with Crippen LogP contribution in [-0.4, -0.2) is 19.6 Å². The minimum Gasteiger partial charge on any atom is -0.464 e. The fourth-order valence-electron chi connectivity index (χ4n) is 2.44. The van der Waals surface area contributed by atoms with Gasteiger partial charge in [-0.1, -0.05) is 24.3 Å². The van der Waals surface area contributed by atoms with Gasteiger partial charge < -0.3 is 10.1 Å². The smallest absolute Gasteiger partial charge is 0.331 e. The number of carbonyl (C=O) groups is 1. The zero-order valence-corrected chi connectivity index (χ0v) is 9.75. The number of fused-ring (bicyclic) bond motifs is 1. The zero-order chi connectivity index (χ0) is 11.6. The molecule has 0 saturated carbocycles. The van der Waals surface area contributed by atoms with Gasteiger partial charge >= 0.3 is 5.97 Å². The highest BCUT2D eigenvalue weighted by molar-refractivity contribution is 5.84. The Hall–Kier alpha value is -1.35. The fourth-order valence-corrected chi connectivity index (χ4v) is 2.44. The number of benzene rings is 1. The molecule has 1 aromatic rings. The van der Waals surface area contributed by atoms with Gasteiger partial charge in [-0.15, -0.1) is 0 Å². The van der Waals surface area contributed by atoms with Crippen LogP contribution in [0.3, 0.4) is 0 Å². The van der Waals surface area contributed by atoms with Crippen LogP contribution in [-0.2, 0) is 21.5 Å². The lowest BCUT2D eigenvalue weighted by Crippen LogP contribution is -2.46. The molecule has 0 aliphatic heterocycles. The molecule has 86 valence electrons. The molecule has 0 amide bonds. The number of rotatable bonds is 3. The van der Waals surface area contributed by atoms with Crippen LogP contribution >= 0.6 is 0 Å². The number of ether oxygens (including phenoxy) is 1. The van der Waals surface area contributed by atoms with Crippen LogP contribution in [0.4, 0.5) is 0 Å². The average molecular weight is 219 g/mol. The number of hydrogen-bond donors (Lipinski definition) is 1. The van der Waals surface area contributed by atoms with Crippen LogP contribution in [0.25, 0.3) is 0 Å². The summed E-state index contributed by atoms with van der Waals surface area (Å²) in [4.78, 5) is 12.1. The Kier molecular flexibility index (Phi) is 2.97. The van der Waals surface area contributed by atoms with Crippen LogP contribution in [0.2, 0.25) is 0 Å². The molecule has 1 aromatic carbocycles. The molecule has 0 aromatic heterocycles. The van der Waals surface area contributed by atoms with Gasteiger partial charge in [0.2, 0.25) is 0 Å². The Balaban J connectivity index is 2.41. The molecular weight excluding hydrogens is 202 g/mol. The molecule has 1 N–H and O–H groups in total. The third-order valence-corrected chi connectivity index (χ3v) is 3.30. The van der Waals surface area contributed by atoms with Gasteiger partial charge in [0.05, 0.1) is 6.61 Å². The predicted molar refractivity (Wildman–Crippen MR) is 62.1 cm³/mol. The number of nitrogens with one attached hydrogen (secondary N) is 1. The molecule has 3 heteroatoms. The van der Waals surface area contributed by atoms with E-state index in [0.717, 1.165) is 18.4 Å². The molecule has 0 fully saturated rings. The maximum Gasteiger partial charge on any atom is 0.331 e. The second-order valence-corrected chi connectivity index (χ2v) is 4.03. The first kappa shape index (κ1) is 11.1. The van der Waals surface area contributed by atoms with Crippen LogP contribution < -0.4 is 5.32 Å². The second kappa shape index (κ2) is 4.26. The quantitative estimate of drug-likeness (QED) is 0.785. The van der Waals surface area contributed by atoms with Gasteiger partial charge in [0.15, 0.2) is 0 Å². The molecule has 1 atom stereocenters. The largest absolute Gasteiger partial charge is 0.464 e. The second-order valence-electron chi connectivity index (χ2n) is 4.03. The van der Waals surface area contributed by atoms with Crippen molar-refractivity contribution < 1.29 is 9.53 Å². The van der Waals surface area contributed by atoms with E-state index in [2.05, 4.69) is 11.4 Å². The van der Waals surface area contributed by atoms with Crippen molar-refractivity contribution in [2.24, 2.45) is 0 Å². The SMILES string of the molecule is CCOC(=O)C1(NC)CCc2ccccc21. The van der Waals surface area contributed by atoms with Gasteiger partial charge in [-0.05, 0) is 37.9 Å². The summed E-state index contributed by atoms with van der Waals surface area (Å²) in [5.41, 5.74) is 1.67. The highest BCUT2D eigenvalue weighted by Crippen LogP contribution is 2.37. The molecule has 1 aliphatic carbocycles. The number of aryl methyl sites for hydroxylation is 1. The predicted octanol–water partition coefficient (Wildman–Crippen LogP) is 1.61. The summed E-state index contributed by atoms with van der Waals surface area (Å²) < 4.78 is 5.18. The summed E-state index contributed by atoms with van der Waals surface area (Å²) in [7, 11) is 1.82. The molecule has 2 rings (SSSR count). The van der Waals surface area contributed by atoms with Crippen molar-refractivity contribution in [3.63, 3.8) is 0 Å². The molecule has 16 heavy (non-hydrogen) atoms. The van der Waals surface area contributed by atoms with Crippen molar-refractivity contribution in [2.75, 3.05) is 13.7 Å². The molecule has 0 heterocycles. The Labute approximate surface area is 95.8 Å². The molecule has 0 saturated heterocycles. The molecule has 0 spiro atoms. The summed E-state index contributed by atoms with van der Waals surface area (Å²) in [6.07, 6.45) is 1.71. The van der Waals surface area contributed by atoms with E-state index in [4.69, 9.17) is 4.74 Å². The number of carbonyl (C=O) groups excluding carboxylic acids is 1. The molecule has 0 radical (unpaired) electrons. The summed E-state index contributed by atoms with van der Waals surface area (Å²) in [5, 5.41) is 3.14. The van der Waals surface area contributed by atoms with Crippen molar-refractivity contribution in [3.8, 4) is 0 Å². The summed E-state index contributed by atoms with van der Waals surface area (Å²) >= 11 is 0. The van der Waals surface area contributed by atoms with Gasteiger partial charge in [0.1, 0.15) is 5.54 Å². The Morgan fingerprint density at radius 2 is 2.25 bits per heavy atom. The molecule has 1 unspecified atom stereocenters. The van der Waals surface area contributed by atoms with Gasteiger partial charge in [-0.2, -0.15) is 0 Å². The van der Waals surface area contributed by atoms with E-state index in [9.17, 15) is 4.79 Å². The van der Waals surface area contributed by atoms with Crippen molar-refractivity contribution >= 4 is 5.97 Å². The van der Waals surface area contributed by atoms with E-state index in [0.29, 0.717) is 6.61 Å². The maximum atomic E-state index is 12.1. The Morgan fingerprint density at radius 1 is 1.50 bits per heavy atom. The van der Waals surface area contributed by atoms with Crippen LogP contribution in [0.1, 0.15) is 24.5 Å². The number of esters is 1. The fraction of sp³-hybridized carbons (Fsp3) is 0.462. The van der Waals surface area contributed by atoms with Gasteiger partial charge in [-0.25, -0.2) is 4.79 Å². The van der Waals surface area contributed by atoms with E-state index in [-0.39, 0.29) is 5.97 Å². The van der Waals surface area contributed by atoms with E-state index in [1.165, 1.54) is 5.56 Å². The monoisotopic (exact) mass is 219 g/mol. The highest BCUT2D eigenvalue weighted by atomic mass is 16.5. The lowest BCUT2D eigenvalue weighted by molar-refractivity contribution is -0.151. The van der Waals surface area contributed by atoms with Crippen molar-refractivity contribution in [3.05, 3.63) is 35.4 Å². The molecule has 3 nitrogen and oxygen atoms in total. The highest BCUT2D eigenvalue weighted by Gasteiger charge is 2.45. The van der Waals surface area contributed by atoms with E-state index in [1.54, 1.807) is 0 Å². The van der Waals surface area contributed by atoms with Crippen molar-refractivity contribution in [1.82, 2.24) is 5.32 Å². The lowest BCUT2D eigenvalue weighted by Gasteiger charge is -2.27. The van der Waals surface area contributed by atoms with Crippen molar-refractivity contribution in [2.45, 2.75) is 25.3 Å². The first-order valence-corrected chi connectivity index (χ1v) is 5.69. The molecular formula is C13H17NO2. The first-order valence-electron chi connectivity index (χ1n) is 5.69. The van der Waals surface area contributed by atoms with Crippen molar-refractivity contribution in [1.29, 1.82) is 0 Å². The number of hydrogen-bond acceptors (Lipinski definition) is 3. The van der Waals surface area contributed by atoms with Gasteiger partial charge in [0.25, 0.3) is 0 Å². The summed E-state index contributed by atoms with van der Waals surface area (Å²) in [6.45, 7) is 2.26. The Morgan fingerprint density at radius 3 is 2.94 bits per heavy atom. The van der Waals surface area contributed by atoms with Gasteiger partial charge in [-0.3, -0.25) is 0 Å². The Bertz CT molecular complexity index is 403. The third-order valence-electron chi connectivity index (χ3n) is 3.30. The lowest BCUT2D eigenvalue weighted by atomic mass is 9.92. The van der Waals surface area contributed by atoms with Gasteiger partial charge in [0, 0.05) is 0 Å². The molecule has 0 bridgehead atoms.